The molecule has 0 fully saturated rings. The second-order valence-corrected chi connectivity index (χ2v) is 6.64. The van der Waals surface area contributed by atoms with Crippen LogP contribution in [0.3, 0.4) is 0 Å². The Hall–Kier alpha value is -2.51. The van der Waals surface area contributed by atoms with Gasteiger partial charge in [0.1, 0.15) is 5.02 Å². The van der Waals surface area contributed by atoms with E-state index in [1.165, 1.54) is 0 Å². The van der Waals surface area contributed by atoms with Crippen molar-refractivity contribution in [3.05, 3.63) is 72.4 Å². The van der Waals surface area contributed by atoms with E-state index in [1.807, 2.05) is 13.8 Å². The van der Waals surface area contributed by atoms with Gasteiger partial charge in [0.15, 0.2) is 16.6 Å². The van der Waals surface area contributed by atoms with Crippen LogP contribution in [0, 0.1) is 15.9 Å². The highest BCUT2D eigenvalue weighted by molar-refractivity contribution is 6.37. The Morgan fingerprint density at radius 2 is 1.92 bits per heavy atom. The third-order valence-electron chi connectivity index (χ3n) is 3.96. The van der Waals surface area contributed by atoms with Crippen LogP contribution in [0.25, 0.3) is 16.7 Å². The van der Waals surface area contributed by atoms with Crippen LogP contribution in [0.5, 0.6) is 0 Å². The normalized spacial score (nSPS) is 11.3. The van der Waals surface area contributed by atoms with Crippen LogP contribution in [0.2, 0.25) is 10.2 Å². The van der Waals surface area contributed by atoms with E-state index >= 15 is 0 Å². The molecule has 1 aromatic carbocycles. The molecule has 0 N–H and O–H groups in total. The Kier molecular flexibility index (Phi) is 4.68. The predicted molar refractivity (Wildman–Crippen MR) is 98.1 cm³/mol. The van der Waals surface area contributed by atoms with Gasteiger partial charge >= 0.3 is 11.2 Å². The second kappa shape index (κ2) is 6.66. The zero-order chi connectivity index (χ0) is 19.2. The van der Waals surface area contributed by atoms with Crippen molar-refractivity contribution in [1.29, 1.82) is 0 Å². The zero-order valence-corrected chi connectivity index (χ0v) is 15.2. The second-order valence-electron chi connectivity index (χ2n) is 5.91. The van der Waals surface area contributed by atoms with Crippen LogP contribution in [0.1, 0.15) is 25.3 Å². The molecule has 3 rings (SSSR count). The first-order valence-corrected chi connectivity index (χ1v) is 8.33. The van der Waals surface area contributed by atoms with Crippen molar-refractivity contribution >= 4 is 39.9 Å². The average Bonchev–Trinajstić information content (AvgIpc) is 2.57. The third kappa shape index (κ3) is 2.83. The van der Waals surface area contributed by atoms with E-state index in [2.05, 4.69) is 4.98 Å². The number of aromatic nitrogens is 2. The van der Waals surface area contributed by atoms with Crippen LogP contribution in [0.4, 0.5) is 10.1 Å². The lowest BCUT2D eigenvalue weighted by atomic mass is 10.0. The summed E-state index contributed by atoms with van der Waals surface area (Å²) < 4.78 is 14.9. The lowest BCUT2D eigenvalue weighted by molar-refractivity contribution is -0.386. The third-order valence-corrected chi connectivity index (χ3v) is 4.60. The van der Waals surface area contributed by atoms with E-state index in [0.29, 0.717) is 5.69 Å². The lowest BCUT2D eigenvalue weighted by Crippen LogP contribution is -2.24. The number of rotatable bonds is 3. The number of hydrogen-bond donors (Lipinski definition) is 0. The Balaban J connectivity index is 2.59. The summed E-state index contributed by atoms with van der Waals surface area (Å²) in [5.74, 6) is -0.878. The minimum atomic E-state index is -0.962. The maximum absolute atomic E-state index is 13.9. The van der Waals surface area contributed by atoms with E-state index in [-0.39, 0.29) is 17.0 Å². The molecular weight excluding hydrogens is 384 g/mol. The van der Waals surface area contributed by atoms with Crippen LogP contribution in [-0.4, -0.2) is 14.5 Å². The summed E-state index contributed by atoms with van der Waals surface area (Å²) in [5, 5.41) is 10.4. The summed E-state index contributed by atoms with van der Waals surface area (Å²) in [6, 6.07) is 7.84. The number of benzene rings is 1. The Morgan fingerprint density at radius 1 is 1.27 bits per heavy atom. The molecule has 0 radical (unpaired) electrons. The van der Waals surface area contributed by atoms with Crippen molar-refractivity contribution in [1.82, 2.24) is 9.55 Å². The van der Waals surface area contributed by atoms with Crippen LogP contribution < -0.4 is 5.56 Å². The van der Waals surface area contributed by atoms with Gasteiger partial charge in [0.2, 0.25) is 0 Å². The van der Waals surface area contributed by atoms with E-state index in [1.54, 1.807) is 24.3 Å². The van der Waals surface area contributed by atoms with Gasteiger partial charge in [0.05, 0.1) is 10.6 Å². The number of nitrogens with zero attached hydrogens (tertiary/aromatic N) is 3. The van der Waals surface area contributed by atoms with Gasteiger partial charge in [-0.05, 0) is 23.6 Å². The Bertz CT molecular complexity index is 1110. The number of hydrogen-bond acceptors (Lipinski definition) is 4. The molecule has 0 saturated carbocycles. The minimum absolute atomic E-state index is 0.0128. The van der Waals surface area contributed by atoms with Crippen molar-refractivity contribution < 1.29 is 9.31 Å². The number of para-hydroxylation sites is 1. The standard InChI is InChI=1S/C17H12Cl2FN3O3/c1-8(2)9-5-3-4-6-12(9)22-16-10(7-11(20)15(19)21-16)13(18)14(17(22)24)23(25)26/h3-8H,1-2H3. The van der Waals surface area contributed by atoms with Crippen molar-refractivity contribution in [2.75, 3.05) is 0 Å². The number of nitro groups is 1. The molecular formula is C17H12Cl2FN3O3. The monoisotopic (exact) mass is 395 g/mol. The fourth-order valence-electron chi connectivity index (χ4n) is 2.77. The quantitative estimate of drug-likeness (QED) is 0.360. The minimum Gasteiger partial charge on any atom is -0.261 e. The topological polar surface area (TPSA) is 78.0 Å². The molecule has 134 valence electrons. The van der Waals surface area contributed by atoms with Gasteiger partial charge in [-0.2, -0.15) is 0 Å². The molecule has 2 heterocycles. The van der Waals surface area contributed by atoms with Gasteiger partial charge < -0.3 is 0 Å². The fourth-order valence-corrected chi connectivity index (χ4v) is 3.20. The predicted octanol–water partition coefficient (Wildman–Crippen LogP) is 4.86. The SMILES string of the molecule is CC(C)c1ccccc1-n1c(=O)c([N+](=O)[O-])c(Cl)c2cc(F)c(Cl)nc21. The molecule has 0 bridgehead atoms. The molecule has 3 aromatic rings. The Morgan fingerprint density at radius 3 is 2.54 bits per heavy atom. The van der Waals surface area contributed by atoms with E-state index in [0.717, 1.165) is 16.2 Å². The molecule has 6 nitrogen and oxygen atoms in total. The summed E-state index contributed by atoms with van der Waals surface area (Å²) in [6.45, 7) is 3.83. The first kappa shape index (κ1) is 18.3. The molecule has 0 aliphatic carbocycles. The van der Waals surface area contributed by atoms with Crippen molar-refractivity contribution in [2.24, 2.45) is 0 Å². The van der Waals surface area contributed by atoms with Gasteiger partial charge in [-0.15, -0.1) is 0 Å². The summed E-state index contributed by atoms with van der Waals surface area (Å²) in [5.41, 5.74) is -0.704. The zero-order valence-electron chi connectivity index (χ0n) is 13.7. The molecule has 9 heteroatoms. The number of halogens is 3. The highest BCUT2D eigenvalue weighted by Gasteiger charge is 2.28. The molecule has 0 saturated heterocycles. The first-order valence-electron chi connectivity index (χ1n) is 7.58. The molecule has 0 spiro atoms. The van der Waals surface area contributed by atoms with Gasteiger partial charge in [-0.25, -0.2) is 9.37 Å². The Labute approximate surface area is 157 Å². The van der Waals surface area contributed by atoms with Crippen molar-refractivity contribution in [2.45, 2.75) is 19.8 Å². The number of pyridine rings is 2. The smallest absolute Gasteiger partial charge is 0.261 e. The molecule has 0 aliphatic rings. The van der Waals surface area contributed by atoms with E-state index in [4.69, 9.17) is 23.2 Å². The molecule has 0 aliphatic heterocycles. The number of fused-ring (bicyclic) bond motifs is 1. The van der Waals surface area contributed by atoms with Crippen LogP contribution in [0.15, 0.2) is 35.1 Å². The molecule has 2 aromatic heterocycles. The van der Waals surface area contributed by atoms with Gasteiger partial charge in [0, 0.05) is 5.39 Å². The molecule has 0 amide bonds. The largest absolute Gasteiger partial charge is 0.353 e. The molecule has 0 atom stereocenters. The summed E-state index contributed by atoms with van der Waals surface area (Å²) in [4.78, 5) is 27.3. The van der Waals surface area contributed by atoms with Crippen molar-refractivity contribution in [3.63, 3.8) is 0 Å². The highest BCUT2D eigenvalue weighted by Crippen LogP contribution is 2.33. The molecule has 0 unspecified atom stereocenters. The maximum Gasteiger partial charge on any atom is 0.353 e. The van der Waals surface area contributed by atoms with E-state index < -0.39 is 32.2 Å². The van der Waals surface area contributed by atoms with Gasteiger partial charge in [-0.1, -0.05) is 55.2 Å². The van der Waals surface area contributed by atoms with Crippen molar-refractivity contribution in [3.8, 4) is 5.69 Å². The first-order chi connectivity index (χ1) is 12.2. The fraction of sp³-hybridized carbons (Fsp3) is 0.176. The van der Waals surface area contributed by atoms with Gasteiger partial charge in [-0.3, -0.25) is 19.5 Å². The van der Waals surface area contributed by atoms with E-state index in [9.17, 15) is 19.3 Å². The highest BCUT2D eigenvalue weighted by atomic mass is 35.5. The molecule has 26 heavy (non-hydrogen) atoms. The summed E-state index contributed by atoms with van der Waals surface area (Å²) in [7, 11) is 0. The lowest BCUT2D eigenvalue weighted by Gasteiger charge is -2.17. The summed E-state index contributed by atoms with van der Waals surface area (Å²) in [6.07, 6.45) is 0. The van der Waals surface area contributed by atoms with Crippen LogP contribution >= 0.6 is 23.2 Å². The van der Waals surface area contributed by atoms with Crippen LogP contribution in [-0.2, 0) is 0 Å². The average molecular weight is 396 g/mol. The maximum atomic E-state index is 13.9. The van der Waals surface area contributed by atoms with Gasteiger partial charge in [0.25, 0.3) is 0 Å². The summed E-state index contributed by atoms with van der Waals surface area (Å²) >= 11 is 11.8.